The fourth-order valence-corrected chi connectivity index (χ4v) is 5.47. The molecule has 40 heavy (non-hydrogen) atoms. The van der Waals surface area contributed by atoms with E-state index in [9.17, 15) is 24.8 Å². The van der Waals surface area contributed by atoms with Gasteiger partial charge in [0.05, 0.1) is 12.7 Å². The second-order valence-electron chi connectivity index (χ2n) is 9.63. The Morgan fingerprint density at radius 2 is 2.08 bits per heavy atom. The number of carbonyl (C=O) groups excluding carboxylic acids is 1. The standard InChI is InChI=1S/C25H33N6O8P/c1-6-10-18-22(27)28-15-29-31(18)25(14-26)21(33)20(32)19(38-25)13-36-40(35,39-17-11-8-7-9-12-17)30-24(4,5)23(34)37-16(2)3/h6-12,15-16,19-21,32-33H,1,13H2,2-5H3,(H,30,35)(H2,27,28,29)/b18-10-/t19-,20-,21-,25-,40?/m1/s1. The third-order valence-electron chi connectivity index (χ3n) is 5.69. The molecular weight excluding hydrogens is 543 g/mol. The van der Waals surface area contributed by atoms with Crippen LogP contribution in [0.15, 0.2) is 64.9 Å². The minimum atomic E-state index is -4.39. The van der Waals surface area contributed by atoms with Crippen molar-refractivity contribution in [2.75, 3.05) is 6.61 Å². The molecule has 0 radical (unpaired) electrons. The third kappa shape index (κ3) is 6.59. The van der Waals surface area contributed by atoms with E-state index in [0.717, 1.165) is 11.3 Å². The molecule has 1 saturated heterocycles. The summed E-state index contributed by atoms with van der Waals surface area (Å²) in [6.45, 7) is 9.14. The minimum Gasteiger partial charge on any atom is -0.462 e. The summed E-state index contributed by atoms with van der Waals surface area (Å²) in [7, 11) is -4.39. The number of ether oxygens (including phenoxy) is 2. The van der Waals surface area contributed by atoms with E-state index in [-0.39, 0.29) is 17.3 Å². The maximum Gasteiger partial charge on any atom is 0.459 e. The number of nitrogens with zero attached hydrogens (tertiary/aromatic N) is 4. The van der Waals surface area contributed by atoms with Crippen molar-refractivity contribution in [3.05, 3.63) is 54.8 Å². The summed E-state index contributed by atoms with van der Waals surface area (Å²) < 4.78 is 36.2. The van der Waals surface area contributed by atoms with Gasteiger partial charge >= 0.3 is 13.7 Å². The Bertz CT molecular complexity index is 1280. The zero-order valence-corrected chi connectivity index (χ0v) is 23.4. The van der Waals surface area contributed by atoms with Gasteiger partial charge in [-0.25, -0.2) is 14.6 Å². The highest BCUT2D eigenvalue weighted by atomic mass is 31.2. The number of aliphatic hydroxyl groups excluding tert-OH is 2. The van der Waals surface area contributed by atoms with Crippen LogP contribution in [0.1, 0.15) is 27.7 Å². The molecule has 1 fully saturated rings. The smallest absolute Gasteiger partial charge is 0.459 e. The van der Waals surface area contributed by atoms with Crippen molar-refractivity contribution in [3.63, 3.8) is 0 Å². The molecule has 0 aromatic heterocycles. The molecule has 0 saturated carbocycles. The number of nitriles is 1. The summed E-state index contributed by atoms with van der Waals surface area (Å²) in [6.07, 6.45) is -1.59. The Hall–Kier alpha value is -3.57. The fraction of sp³-hybridized carbons (Fsp3) is 0.440. The molecule has 15 heteroatoms. The van der Waals surface area contributed by atoms with Crippen LogP contribution in [0.3, 0.4) is 0 Å². The Morgan fingerprint density at radius 3 is 2.67 bits per heavy atom. The fourth-order valence-electron chi connectivity index (χ4n) is 3.78. The zero-order valence-electron chi connectivity index (χ0n) is 22.5. The van der Waals surface area contributed by atoms with Crippen molar-refractivity contribution in [1.29, 1.82) is 5.26 Å². The Kier molecular flexibility index (Phi) is 9.52. The van der Waals surface area contributed by atoms with Gasteiger partial charge in [-0.2, -0.15) is 15.5 Å². The highest BCUT2D eigenvalue weighted by Gasteiger charge is 2.60. The number of allylic oxidation sites excluding steroid dienone is 2. The summed E-state index contributed by atoms with van der Waals surface area (Å²) in [5.74, 6) is -0.611. The topological polar surface area (TPSA) is 201 Å². The van der Waals surface area contributed by atoms with Gasteiger partial charge in [0.15, 0.2) is 5.84 Å². The first-order valence-electron chi connectivity index (χ1n) is 12.2. The van der Waals surface area contributed by atoms with E-state index in [1.165, 1.54) is 38.1 Å². The zero-order chi connectivity index (χ0) is 29.7. The van der Waals surface area contributed by atoms with E-state index >= 15 is 0 Å². The van der Waals surface area contributed by atoms with Crippen LogP contribution >= 0.6 is 7.75 Å². The van der Waals surface area contributed by atoms with Crippen LogP contribution < -0.4 is 15.3 Å². The minimum absolute atomic E-state index is 0.0463. The molecule has 14 nitrogen and oxygen atoms in total. The molecule has 2 aliphatic rings. The Morgan fingerprint density at radius 1 is 1.40 bits per heavy atom. The van der Waals surface area contributed by atoms with Crippen LogP contribution in [0, 0.1) is 11.3 Å². The number of nitrogens with two attached hydrogens (primary N) is 1. The van der Waals surface area contributed by atoms with Crippen molar-refractivity contribution in [1.82, 2.24) is 10.1 Å². The number of hydrogen-bond acceptors (Lipinski definition) is 13. The van der Waals surface area contributed by atoms with Gasteiger partial charge in [0.2, 0.25) is 0 Å². The average molecular weight is 577 g/mol. The van der Waals surface area contributed by atoms with Crippen LogP contribution in [0.4, 0.5) is 0 Å². The second-order valence-corrected chi connectivity index (χ2v) is 11.3. The molecule has 0 amide bonds. The van der Waals surface area contributed by atoms with E-state index in [4.69, 9.17) is 24.3 Å². The number of rotatable bonds is 11. The number of nitrogens with one attached hydrogen (secondary N) is 1. The average Bonchev–Trinajstić information content (AvgIpc) is 3.14. The van der Waals surface area contributed by atoms with E-state index < -0.39 is 56.0 Å². The lowest BCUT2D eigenvalue weighted by atomic mass is 10.0. The molecule has 5 atom stereocenters. The molecule has 2 heterocycles. The van der Waals surface area contributed by atoms with Crippen LogP contribution in [0.5, 0.6) is 5.75 Å². The molecule has 2 aliphatic heterocycles. The van der Waals surface area contributed by atoms with Crippen LogP contribution in [-0.2, 0) is 23.4 Å². The molecule has 216 valence electrons. The van der Waals surface area contributed by atoms with Crippen LogP contribution in [0.2, 0.25) is 0 Å². The number of benzene rings is 1. The quantitative estimate of drug-likeness (QED) is 0.219. The van der Waals surface area contributed by atoms with Crippen molar-refractivity contribution in [3.8, 4) is 11.8 Å². The first-order valence-corrected chi connectivity index (χ1v) is 13.8. The van der Waals surface area contributed by atoms with Gasteiger partial charge in [0, 0.05) is 0 Å². The number of para-hydroxylation sites is 1. The van der Waals surface area contributed by atoms with Gasteiger partial charge in [-0.3, -0.25) is 9.32 Å². The van der Waals surface area contributed by atoms with Gasteiger partial charge in [-0.05, 0) is 45.9 Å². The predicted octanol–water partition coefficient (Wildman–Crippen LogP) is 1.54. The van der Waals surface area contributed by atoms with E-state index in [1.54, 1.807) is 32.0 Å². The number of carbonyl (C=O) groups is 1. The highest BCUT2D eigenvalue weighted by molar-refractivity contribution is 7.52. The number of esters is 1. The maximum atomic E-state index is 13.9. The van der Waals surface area contributed by atoms with Gasteiger partial charge in [-0.15, -0.1) is 0 Å². The number of aliphatic hydroxyl groups is 2. The van der Waals surface area contributed by atoms with Gasteiger partial charge in [0.1, 0.15) is 47.7 Å². The van der Waals surface area contributed by atoms with Crippen molar-refractivity contribution < 1.29 is 38.1 Å². The van der Waals surface area contributed by atoms with Gasteiger partial charge < -0.3 is 29.9 Å². The lowest BCUT2D eigenvalue weighted by molar-refractivity contribution is -0.153. The lowest BCUT2D eigenvalue weighted by Crippen LogP contribution is -2.55. The maximum absolute atomic E-state index is 13.9. The van der Waals surface area contributed by atoms with Crippen LogP contribution in [-0.4, -0.2) is 75.7 Å². The third-order valence-corrected chi connectivity index (χ3v) is 7.46. The number of hydrogen-bond donors (Lipinski definition) is 4. The second kappa shape index (κ2) is 12.3. The van der Waals surface area contributed by atoms with Gasteiger partial charge in [0.25, 0.3) is 5.72 Å². The summed E-state index contributed by atoms with van der Waals surface area (Å²) in [5, 5.41) is 39.4. The van der Waals surface area contributed by atoms with Crippen LogP contribution in [0.25, 0.3) is 0 Å². The molecule has 0 aliphatic carbocycles. The van der Waals surface area contributed by atoms with E-state index in [1.807, 2.05) is 6.07 Å². The highest BCUT2D eigenvalue weighted by Crippen LogP contribution is 2.48. The monoisotopic (exact) mass is 576 g/mol. The summed E-state index contributed by atoms with van der Waals surface area (Å²) in [5.41, 5.74) is 2.20. The molecule has 3 rings (SSSR count). The van der Waals surface area contributed by atoms with Crippen molar-refractivity contribution in [2.24, 2.45) is 15.8 Å². The number of aliphatic imine (C=N–C) groups is 1. The molecule has 1 aromatic carbocycles. The normalized spacial score (nSPS) is 27.1. The van der Waals surface area contributed by atoms with Gasteiger partial charge in [-0.1, -0.05) is 30.9 Å². The lowest BCUT2D eigenvalue weighted by Gasteiger charge is -2.36. The molecule has 1 unspecified atom stereocenters. The molecule has 5 N–H and O–H groups in total. The summed E-state index contributed by atoms with van der Waals surface area (Å²) in [4.78, 5) is 16.5. The van der Waals surface area contributed by atoms with E-state index in [2.05, 4.69) is 21.8 Å². The Balaban J connectivity index is 1.88. The van der Waals surface area contributed by atoms with Crippen molar-refractivity contribution in [2.45, 2.75) is 63.4 Å². The summed E-state index contributed by atoms with van der Waals surface area (Å²) in [6, 6.07) is 9.89. The largest absolute Gasteiger partial charge is 0.462 e. The number of amidine groups is 1. The van der Waals surface area contributed by atoms with E-state index in [0.29, 0.717) is 0 Å². The Labute approximate surface area is 232 Å². The molecule has 0 spiro atoms. The molecular formula is C25H33N6O8P. The first-order chi connectivity index (χ1) is 18.8. The predicted molar refractivity (Wildman–Crippen MR) is 145 cm³/mol. The summed E-state index contributed by atoms with van der Waals surface area (Å²) >= 11 is 0. The number of hydrazone groups is 1. The molecule has 1 aromatic rings. The SMILES string of the molecule is C=C/C=C1/C(N)=NC=NN1[C@]1(C#N)O[C@H](COP(=O)(NC(C)(C)C(=O)OC(C)C)Oc2ccccc2)[C@@H](O)[C@H]1O. The first kappa shape index (κ1) is 31.0. The van der Waals surface area contributed by atoms with Crippen molar-refractivity contribution >= 4 is 25.9 Å². The molecule has 0 bridgehead atoms.